The fourth-order valence-corrected chi connectivity index (χ4v) is 2.22. The molecule has 0 atom stereocenters. The smallest absolute Gasteiger partial charge is 0.227 e. The van der Waals surface area contributed by atoms with Gasteiger partial charge in [0, 0.05) is 11.6 Å². The zero-order chi connectivity index (χ0) is 15.0. The Morgan fingerprint density at radius 1 is 1.24 bits per heavy atom. The molecule has 3 aromatic rings. The van der Waals surface area contributed by atoms with E-state index in [9.17, 15) is 0 Å². The Labute approximate surface area is 127 Å². The maximum atomic E-state index is 6.00. The molecule has 0 saturated heterocycles. The minimum Gasteiger partial charge on any atom is -0.491 e. The van der Waals surface area contributed by atoms with Gasteiger partial charge in [-0.3, -0.25) is 0 Å². The van der Waals surface area contributed by atoms with Crippen molar-refractivity contribution >= 4 is 28.4 Å². The first kappa shape index (κ1) is 13.8. The van der Waals surface area contributed by atoms with E-state index in [0.29, 0.717) is 27.7 Å². The van der Waals surface area contributed by atoms with Gasteiger partial charge in [0.2, 0.25) is 5.89 Å². The highest BCUT2D eigenvalue weighted by Gasteiger charge is 2.11. The molecule has 1 heterocycles. The summed E-state index contributed by atoms with van der Waals surface area (Å²) in [5.74, 6) is 1.29. The third-order valence-corrected chi connectivity index (χ3v) is 3.29. The molecule has 3 rings (SSSR count). The van der Waals surface area contributed by atoms with Crippen LogP contribution < -0.4 is 10.5 Å². The summed E-state index contributed by atoms with van der Waals surface area (Å²) in [6.45, 7) is 3.97. The molecule has 0 aliphatic heterocycles. The van der Waals surface area contributed by atoms with E-state index in [1.54, 1.807) is 12.1 Å². The highest BCUT2D eigenvalue weighted by Crippen LogP contribution is 2.31. The number of rotatable bonds is 3. The van der Waals surface area contributed by atoms with Gasteiger partial charge in [0.1, 0.15) is 11.3 Å². The second-order valence-corrected chi connectivity index (χ2v) is 5.46. The van der Waals surface area contributed by atoms with Crippen molar-refractivity contribution in [3.63, 3.8) is 0 Å². The Morgan fingerprint density at radius 3 is 2.81 bits per heavy atom. The predicted molar refractivity (Wildman–Crippen MR) is 84.6 cm³/mol. The Bertz CT molecular complexity index is 757. The van der Waals surface area contributed by atoms with Crippen molar-refractivity contribution in [3.05, 3.63) is 41.4 Å². The number of nitrogens with zero attached hydrogens (tertiary/aromatic N) is 1. The average molecular weight is 303 g/mol. The normalized spacial score (nSPS) is 11.2. The SMILES string of the molecule is CC(C)Oc1cccc(-c2nc3cc(Cl)c(N)cc3o2)c1. The molecule has 0 fully saturated rings. The number of ether oxygens (including phenoxy) is 1. The van der Waals surface area contributed by atoms with E-state index >= 15 is 0 Å². The van der Waals surface area contributed by atoms with Crippen LogP contribution in [0.1, 0.15) is 13.8 Å². The number of hydrogen-bond donors (Lipinski definition) is 1. The lowest BCUT2D eigenvalue weighted by molar-refractivity contribution is 0.242. The summed E-state index contributed by atoms with van der Waals surface area (Å²) in [4.78, 5) is 4.44. The summed E-state index contributed by atoms with van der Waals surface area (Å²) in [5.41, 5.74) is 8.39. The second kappa shape index (κ2) is 5.30. The van der Waals surface area contributed by atoms with Crippen LogP contribution in [0.4, 0.5) is 5.69 Å². The van der Waals surface area contributed by atoms with Crippen LogP contribution in [0.5, 0.6) is 5.75 Å². The van der Waals surface area contributed by atoms with Gasteiger partial charge in [-0.25, -0.2) is 4.98 Å². The summed E-state index contributed by atoms with van der Waals surface area (Å²) >= 11 is 6.00. The molecule has 21 heavy (non-hydrogen) atoms. The summed E-state index contributed by atoms with van der Waals surface area (Å²) in [7, 11) is 0. The number of benzene rings is 2. The lowest BCUT2D eigenvalue weighted by atomic mass is 10.2. The number of fused-ring (bicyclic) bond motifs is 1. The Hall–Kier alpha value is -2.20. The fraction of sp³-hybridized carbons (Fsp3) is 0.188. The molecule has 108 valence electrons. The lowest BCUT2D eigenvalue weighted by Crippen LogP contribution is -2.05. The van der Waals surface area contributed by atoms with Crippen molar-refractivity contribution < 1.29 is 9.15 Å². The van der Waals surface area contributed by atoms with Gasteiger partial charge in [-0.15, -0.1) is 0 Å². The maximum Gasteiger partial charge on any atom is 0.227 e. The van der Waals surface area contributed by atoms with Crippen molar-refractivity contribution in [1.82, 2.24) is 4.98 Å². The summed E-state index contributed by atoms with van der Waals surface area (Å²) in [5, 5.41) is 0.472. The van der Waals surface area contributed by atoms with Gasteiger partial charge in [0.05, 0.1) is 16.8 Å². The highest BCUT2D eigenvalue weighted by molar-refractivity contribution is 6.33. The Kier molecular flexibility index (Phi) is 3.47. The number of nitrogen functional groups attached to an aromatic ring is 1. The van der Waals surface area contributed by atoms with Crippen molar-refractivity contribution in [2.24, 2.45) is 0 Å². The predicted octanol–water partition coefficient (Wildman–Crippen LogP) is 4.52. The molecular weight excluding hydrogens is 288 g/mol. The van der Waals surface area contributed by atoms with Gasteiger partial charge in [-0.1, -0.05) is 17.7 Å². The van der Waals surface area contributed by atoms with Crippen LogP contribution in [0.25, 0.3) is 22.6 Å². The summed E-state index contributed by atoms with van der Waals surface area (Å²) < 4.78 is 11.4. The zero-order valence-corrected chi connectivity index (χ0v) is 12.5. The highest BCUT2D eigenvalue weighted by atomic mass is 35.5. The number of hydrogen-bond acceptors (Lipinski definition) is 4. The van der Waals surface area contributed by atoms with Gasteiger partial charge >= 0.3 is 0 Å². The first-order chi connectivity index (χ1) is 10.0. The van der Waals surface area contributed by atoms with Crippen LogP contribution in [0.2, 0.25) is 5.02 Å². The summed E-state index contributed by atoms with van der Waals surface area (Å²) in [6, 6.07) is 11.0. The van der Waals surface area contributed by atoms with Crippen LogP contribution in [0.3, 0.4) is 0 Å². The molecular formula is C16H15ClN2O2. The van der Waals surface area contributed by atoms with Crippen LogP contribution in [-0.2, 0) is 0 Å². The van der Waals surface area contributed by atoms with Crippen LogP contribution >= 0.6 is 11.6 Å². The van der Waals surface area contributed by atoms with Crippen LogP contribution in [-0.4, -0.2) is 11.1 Å². The number of halogens is 1. The molecule has 0 aliphatic carbocycles. The van der Waals surface area contributed by atoms with Crippen molar-refractivity contribution in [1.29, 1.82) is 0 Å². The lowest BCUT2D eigenvalue weighted by Gasteiger charge is -2.09. The molecule has 0 unspecified atom stereocenters. The topological polar surface area (TPSA) is 61.3 Å². The zero-order valence-electron chi connectivity index (χ0n) is 11.8. The third-order valence-electron chi connectivity index (χ3n) is 2.96. The number of nitrogens with two attached hydrogens (primary N) is 1. The minimum atomic E-state index is 0.113. The minimum absolute atomic E-state index is 0.113. The monoisotopic (exact) mass is 302 g/mol. The van der Waals surface area contributed by atoms with E-state index in [1.165, 1.54) is 0 Å². The first-order valence-electron chi connectivity index (χ1n) is 6.65. The third kappa shape index (κ3) is 2.81. The van der Waals surface area contributed by atoms with Crippen molar-refractivity contribution in [3.8, 4) is 17.2 Å². The molecule has 0 radical (unpaired) electrons. The quantitative estimate of drug-likeness (QED) is 0.723. The van der Waals surface area contributed by atoms with Crippen LogP contribution in [0.15, 0.2) is 40.8 Å². The van der Waals surface area contributed by atoms with Crippen LogP contribution in [0, 0.1) is 0 Å². The molecule has 0 bridgehead atoms. The van der Waals surface area contributed by atoms with Crippen molar-refractivity contribution in [2.75, 3.05) is 5.73 Å². The second-order valence-electron chi connectivity index (χ2n) is 5.05. The standard InChI is InChI=1S/C16H15ClN2O2/c1-9(2)20-11-5-3-4-10(6-11)16-19-14-7-12(17)13(18)8-15(14)21-16/h3-9H,18H2,1-2H3. The van der Waals surface area contributed by atoms with E-state index in [-0.39, 0.29) is 6.10 Å². The summed E-state index contributed by atoms with van der Waals surface area (Å²) in [6.07, 6.45) is 0.113. The molecule has 1 aromatic heterocycles. The van der Waals surface area contributed by atoms with E-state index < -0.39 is 0 Å². The van der Waals surface area contributed by atoms with Gasteiger partial charge in [0.15, 0.2) is 5.58 Å². The molecule has 0 spiro atoms. The molecule has 0 saturated carbocycles. The van der Waals surface area contributed by atoms with E-state index in [2.05, 4.69) is 4.98 Å². The molecule has 2 N–H and O–H groups in total. The number of aromatic nitrogens is 1. The number of anilines is 1. The van der Waals surface area contributed by atoms with Gasteiger partial charge in [-0.05, 0) is 38.1 Å². The first-order valence-corrected chi connectivity index (χ1v) is 7.03. The number of oxazole rings is 1. The van der Waals surface area contributed by atoms with Gasteiger partial charge in [0.25, 0.3) is 0 Å². The average Bonchev–Trinajstić information content (AvgIpc) is 2.82. The Balaban J connectivity index is 2.04. The molecule has 4 nitrogen and oxygen atoms in total. The van der Waals surface area contributed by atoms with Gasteiger partial charge in [-0.2, -0.15) is 0 Å². The van der Waals surface area contributed by atoms with E-state index in [4.69, 9.17) is 26.5 Å². The van der Waals surface area contributed by atoms with Crippen molar-refractivity contribution in [2.45, 2.75) is 20.0 Å². The fourth-order valence-electron chi connectivity index (χ4n) is 2.06. The molecule has 0 amide bonds. The molecule has 2 aromatic carbocycles. The largest absolute Gasteiger partial charge is 0.491 e. The van der Waals surface area contributed by atoms with E-state index in [1.807, 2.05) is 38.1 Å². The Morgan fingerprint density at radius 2 is 2.05 bits per heavy atom. The molecule has 5 heteroatoms. The van der Waals surface area contributed by atoms with Gasteiger partial charge < -0.3 is 14.9 Å². The van der Waals surface area contributed by atoms with E-state index in [0.717, 1.165) is 11.3 Å². The maximum absolute atomic E-state index is 6.00. The molecule has 0 aliphatic rings.